The first-order chi connectivity index (χ1) is 5.96. The summed E-state index contributed by atoms with van der Waals surface area (Å²) in [5.41, 5.74) is -0.322. The highest BCUT2D eigenvalue weighted by molar-refractivity contribution is 5.82. The highest BCUT2D eigenvalue weighted by atomic mass is 16.3. The van der Waals surface area contributed by atoms with Crippen molar-refractivity contribution in [2.75, 3.05) is 13.2 Å². The minimum atomic E-state index is -0.322. The van der Waals surface area contributed by atoms with Gasteiger partial charge in [-0.15, -0.1) is 0 Å². The van der Waals surface area contributed by atoms with Crippen molar-refractivity contribution < 1.29 is 9.90 Å². The molecule has 0 spiro atoms. The molecule has 1 heterocycles. The molecule has 1 aliphatic rings. The number of aliphatic hydroxyl groups is 1. The van der Waals surface area contributed by atoms with Crippen LogP contribution >= 0.6 is 0 Å². The summed E-state index contributed by atoms with van der Waals surface area (Å²) in [4.78, 5) is 13.7. The Morgan fingerprint density at radius 3 is 2.62 bits per heavy atom. The van der Waals surface area contributed by atoms with Crippen LogP contribution in [0.2, 0.25) is 0 Å². The lowest BCUT2D eigenvalue weighted by molar-refractivity contribution is -0.141. The Balaban J connectivity index is 2.66. The van der Waals surface area contributed by atoms with Crippen LogP contribution in [0, 0.1) is 5.41 Å². The third-order valence-electron chi connectivity index (χ3n) is 2.49. The largest absolute Gasteiger partial charge is 0.394 e. The molecule has 1 amide bonds. The number of nitrogens with zero attached hydrogens (tertiary/aromatic N) is 1. The fraction of sp³-hybridized carbons (Fsp3) is 0.900. The van der Waals surface area contributed by atoms with Crippen LogP contribution in [0.25, 0.3) is 0 Å². The number of hydrogen-bond acceptors (Lipinski definition) is 2. The van der Waals surface area contributed by atoms with Crippen molar-refractivity contribution >= 4 is 5.91 Å². The molecule has 0 aromatic carbocycles. The molecule has 0 saturated carbocycles. The second-order valence-electron chi connectivity index (χ2n) is 4.73. The number of carbonyl (C=O) groups is 1. The average Bonchev–Trinajstić information content (AvgIpc) is 2.48. The van der Waals surface area contributed by atoms with Crippen LogP contribution in [0.4, 0.5) is 0 Å². The lowest BCUT2D eigenvalue weighted by Gasteiger charge is -2.29. The molecule has 1 aliphatic heterocycles. The zero-order chi connectivity index (χ0) is 10.1. The number of amides is 1. The van der Waals surface area contributed by atoms with E-state index in [0.717, 1.165) is 19.4 Å². The van der Waals surface area contributed by atoms with Crippen molar-refractivity contribution in [1.82, 2.24) is 4.90 Å². The third kappa shape index (κ3) is 2.21. The van der Waals surface area contributed by atoms with E-state index in [0.29, 0.717) is 0 Å². The van der Waals surface area contributed by atoms with Crippen molar-refractivity contribution in [3.8, 4) is 0 Å². The molecule has 76 valence electrons. The van der Waals surface area contributed by atoms with Gasteiger partial charge in [0.2, 0.25) is 5.91 Å². The summed E-state index contributed by atoms with van der Waals surface area (Å²) in [5, 5.41) is 9.06. The van der Waals surface area contributed by atoms with Gasteiger partial charge in [0, 0.05) is 12.0 Å². The molecule has 0 radical (unpaired) electrons. The number of hydrogen-bond donors (Lipinski definition) is 1. The van der Waals surface area contributed by atoms with E-state index in [1.54, 1.807) is 0 Å². The molecule has 3 heteroatoms. The van der Waals surface area contributed by atoms with Gasteiger partial charge in [0.25, 0.3) is 0 Å². The quantitative estimate of drug-likeness (QED) is 0.662. The van der Waals surface area contributed by atoms with Crippen LogP contribution in [0.3, 0.4) is 0 Å². The van der Waals surface area contributed by atoms with E-state index in [2.05, 4.69) is 0 Å². The van der Waals surface area contributed by atoms with Gasteiger partial charge in [-0.3, -0.25) is 4.79 Å². The molecule has 1 atom stereocenters. The van der Waals surface area contributed by atoms with Gasteiger partial charge in [-0.2, -0.15) is 0 Å². The second-order valence-corrected chi connectivity index (χ2v) is 4.73. The zero-order valence-electron chi connectivity index (χ0n) is 8.71. The smallest absolute Gasteiger partial charge is 0.228 e. The lowest BCUT2D eigenvalue weighted by atomic mass is 9.94. The van der Waals surface area contributed by atoms with Gasteiger partial charge in [-0.05, 0) is 12.8 Å². The van der Waals surface area contributed by atoms with Gasteiger partial charge in [0.05, 0.1) is 12.6 Å². The summed E-state index contributed by atoms with van der Waals surface area (Å²) in [6.07, 6.45) is 1.96. The molecule has 0 aliphatic carbocycles. The van der Waals surface area contributed by atoms with Gasteiger partial charge in [-0.25, -0.2) is 0 Å². The number of carbonyl (C=O) groups excluding carboxylic acids is 1. The molecule has 1 saturated heterocycles. The Hall–Kier alpha value is -0.570. The average molecular weight is 185 g/mol. The topological polar surface area (TPSA) is 40.5 Å². The maximum absolute atomic E-state index is 11.9. The number of likely N-dealkylation sites (tertiary alicyclic amines) is 1. The Kier molecular flexibility index (Phi) is 2.96. The fourth-order valence-electron chi connectivity index (χ4n) is 1.72. The predicted octanol–water partition coefficient (Wildman–Crippen LogP) is 1.02. The molecule has 0 bridgehead atoms. The van der Waals surface area contributed by atoms with Crippen molar-refractivity contribution in [2.45, 2.75) is 39.7 Å². The number of aliphatic hydroxyl groups excluding tert-OH is 1. The Bertz CT molecular complexity index is 196. The van der Waals surface area contributed by atoms with Gasteiger partial charge in [0.15, 0.2) is 0 Å². The molecule has 1 fully saturated rings. The number of rotatable bonds is 1. The summed E-state index contributed by atoms with van der Waals surface area (Å²) in [7, 11) is 0. The first kappa shape index (κ1) is 10.5. The summed E-state index contributed by atoms with van der Waals surface area (Å²) >= 11 is 0. The molecular weight excluding hydrogens is 166 g/mol. The first-order valence-electron chi connectivity index (χ1n) is 4.88. The van der Waals surface area contributed by atoms with Gasteiger partial charge >= 0.3 is 0 Å². The zero-order valence-corrected chi connectivity index (χ0v) is 8.71. The molecular formula is C10H19NO2. The van der Waals surface area contributed by atoms with E-state index in [1.165, 1.54) is 0 Å². The highest BCUT2D eigenvalue weighted by Crippen LogP contribution is 2.24. The molecule has 3 nitrogen and oxygen atoms in total. The van der Waals surface area contributed by atoms with Gasteiger partial charge < -0.3 is 10.0 Å². The van der Waals surface area contributed by atoms with E-state index >= 15 is 0 Å². The van der Waals surface area contributed by atoms with Gasteiger partial charge in [-0.1, -0.05) is 20.8 Å². The summed E-state index contributed by atoms with van der Waals surface area (Å²) < 4.78 is 0. The molecule has 1 unspecified atom stereocenters. The summed E-state index contributed by atoms with van der Waals surface area (Å²) in [6, 6.07) is 0.0618. The molecule has 1 rings (SSSR count). The van der Waals surface area contributed by atoms with Crippen molar-refractivity contribution in [3.05, 3.63) is 0 Å². The van der Waals surface area contributed by atoms with Crippen LogP contribution in [0.15, 0.2) is 0 Å². The molecule has 13 heavy (non-hydrogen) atoms. The summed E-state index contributed by atoms with van der Waals surface area (Å²) in [6.45, 7) is 6.66. The normalized spacial score (nSPS) is 23.7. The minimum absolute atomic E-state index is 0.0618. The standard InChI is InChI=1S/C10H19NO2/c1-10(2,3)9(13)11-6-4-5-8(11)7-12/h8,12H,4-7H2,1-3H3. The van der Waals surface area contributed by atoms with Crippen molar-refractivity contribution in [2.24, 2.45) is 5.41 Å². The maximum Gasteiger partial charge on any atom is 0.228 e. The van der Waals surface area contributed by atoms with E-state index < -0.39 is 0 Å². The molecule has 0 aromatic rings. The van der Waals surface area contributed by atoms with Crippen LogP contribution in [0.5, 0.6) is 0 Å². The van der Waals surface area contributed by atoms with E-state index in [1.807, 2.05) is 25.7 Å². The third-order valence-corrected chi connectivity index (χ3v) is 2.49. The lowest BCUT2D eigenvalue weighted by Crippen LogP contribution is -2.43. The van der Waals surface area contributed by atoms with Gasteiger partial charge in [0.1, 0.15) is 0 Å². The van der Waals surface area contributed by atoms with Crippen LogP contribution in [-0.4, -0.2) is 35.1 Å². The minimum Gasteiger partial charge on any atom is -0.394 e. The Morgan fingerprint density at radius 2 is 2.15 bits per heavy atom. The van der Waals surface area contributed by atoms with Crippen molar-refractivity contribution in [3.63, 3.8) is 0 Å². The predicted molar refractivity (Wildman–Crippen MR) is 51.3 cm³/mol. The van der Waals surface area contributed by atoms with E-state index in [9.17, 15) is 4.79 Å². The maximum atomic E-state index is 11.9. The van der Waals surface area contributed by atoms with Crippen LogP contribution < -0.4 is 0 Å². The van der Waals surface area contributed by atoms with Crippen LogP contribution in [0.1, 0.15) is 33.6 Å². The first-order valence-corrected chi connectivity index (χ1v) is 4.88. The monoisotopic (exact) mass is 185 g/mol. The fourth-order valence-corrected chi connectivity index (χ4v) is 1.72. The highest BCUT2D eigenvalue weighted by Gasteiger charge is 2.34. The Labute approximate surface area is 79.7 Å². The van der Waals surface area contributed by atoms with E-state index in [4.69, 9.17) is 5.11 Å². The van der Waals surface area contributed by atoms with Crippen molar-refractivity contribution in [1.29, 1.82) is 0 Å². The molecule has 1 N–H and O–H groups in total. The van der Waals surface area contributed by atoms with E-state index in [-0.39, 0.29) is 24.0 Å². The van der Waals surface area contributed by atoms with Crippen LogP contribution in [-0.2, 0) is 4.79 Å². The summed E-state index contributed by atoms with van der Waals surface area (Å²) in [5.74, 6) is 0.157. The second kappa shape index (κ2) is 3.66. The SMILES string of the molecule is CC(C)(C)C(=O)N1CCCC1CO. The Morgan fingerprint density at radius 1 is 1.54 bits per heavy atom. The molecule has 0 aromatic heterocycles.